The van der Waals surface area contributed by atoms with E-state index in [9.17, 15) is 14.7 Å². The number of aliphatic hydroxyl groups excluding tert-OH is 1. The Balaban J connectivity index is 2.02. The molecule has 0 aromatic heterocycles. The minimum Gasteiger partial charge on any atom is -0.481 e. The van der Waals surface area contributed by atoms with E-state index in [4.69, 9.17) is 9.84 Å². The number of aliphatic hydroxyl groups is 1. The lowest BCUT2D eigenvalue weighted by Gasteiger charge is -2.35. The number of carbonyl (C=O) groups excluding carboxylic acids is 1. The van der Waals surface area contributed by atoms with Gasteiger partial charge in [-0.15, -0.1) is 0 Å². The fraction of sp³-hybridized carbons (Fsp3) is 0.579. The van der Waals surface area contributed by atoms with Crippen LogP contribution in [0, 0.1) is 0 Å². The molecule has 0 bridgehead atoms. The van der Waals surface area contributed by atoms with Gasteiger partial charge in [0.15, 0.2) is 0 Å². The van der Waals surface area contributed by atoms with E-state index >= 15 is 0 Å². The third-order valence-electron chi connectivity index (χ3n) is 4.59. The highest BCUT2D eigenvalue weighted by molar-refractivity contribution is 5.75. The van der Waals surface area contributed by atoms with E-state index in [1.54, 1.807) is 4.90 Å². The van der Waals surface area contributed by atoms with Gasteiger partial charge in [0.2, 0.25) is 0 Å². The van der Waals surface area contributed by atoms with Crippen molar-refractivity contribution in [2.45, 2.75) is 44.2 Å². The molecular formula is C19H28N2O5. The van der Waals surface area contributed by atoms with Crippen LogP contribution in [-0.2, 0) is 16.0 Å². The Hall–Kier alpha value is -2.12. The van der Waals surface area contributed by atoms with E-state index < -0.39 is 5.97 Å². The molecule has 1 heterocycles. The second kappa shape index (κ2) is 10.8. The summed E-state index contributed by atoms with van der Waals surface area (Å²) in [6.45, 7) is 1.36. The van der Waals surface area contributed by atoms with Gasteiger partial charge in [0.1, 0.15) is 0 Å². The average molecular weight is 364 g/mol. The molecular weight excluding hydrogens is 336 g/mol. The Bertz CT molecular complexity index is 560. The van der Waals surface area contributed by atoms with Crippen molar-refractivity contribution in [1.82, 2.24) is 10.2 Å². The number of hydrogen-bond donors (Lipinski definition) is 3. The molecule has 0 radical (unpaired) electrons. The molecule has 0 aliphatic carbocycles. The summed E-state index contributed by atoms with van der Waals surface area (Å²) in [5.74, 6) is -0.881. The van der Waals surface area contributed by atoms with Crippen molar-refractivity contribution in [3.63, 3.8) is 0 Å². The normalized spacial score (nSPS) is 16.0. The van der Waals surface area contributed by atoms with Gasteiger partial charge in [0.05, 0.1) is 6.61 Å². The van der Waals surface area contributed by atoms with Crippen molar-refractivity contribution >= 4 is 12.0 Å². The maximum atomic E-state index is 12.8. The molecule has 0 spiro atoms. The van der Waals surface area contributed by atoms with Crippen LogP contribution in [0.5, 0.6) is 0 Å². The Morgan fingerprint density at radius 2 is 1.92 bits per heavy atom. The molecule has 1 aliphatic rings. The molecule has 7 nitrogen and oxygen atoms in total. The maximum absolute atomic E-state index is 12.8. The van der Waals surface area contributed by atoms with Crippen LogP contribution in [0.15, 0.2) is 30.3 Å². The predicted octanol–water partition coefficient (Wildman–Crippen LogP) is 1.65. The van der Waals surface area contributed by atoms with Gasteiger partial charge in [0, 0.05) is 38.3 Å². The highest BCUT2D eigenvalue weighted by atomic mass is 16.5. The van der Waals surface area contributed by atoms with E-state index in [0.29, 0.717) is 26.1 Å². The molecule has 1 unspecified atom stereocenters. The molecule has 7 heteroatoms. The van der Waals surface area contributed by atoms with E-state index in [0.717, 1.165) is 18.4 Å². The molecule has 1 aliphatic heterocycles. The zero-order valence-electron chi connectivity index (χ0n) is 15.0. The van der Waals surface area contributed by atoms with E-state index in [1.807, 2.05) is 30.3 Å². The van der Waals surface area contributed by atoms with Crippen LogP contribution in [0.2, 0.25) is 0 Å². The quantitative estimate of drug-likeness (QED) is 0.619. The lowest BCUT2D eigenvalue weighted by atomic mass is 10.0. The van der Waals surface area contributed by atoms with Gasteiger partial charge in [-0.05, 0) is 31.2 Å². The second-order valence-corrected chi connectivity index (χ2v) is 6.53. The SMILES string of the molecule is O=C(O)CCC(Cc1ccccc1)NC(=O)N(CCO)C1CCOCC1. The van der Waals surface area contributed by atoms with E-state index in [1.165, 1.54) is 0 Å². The molecule has 2 rings (SSSR count). The van der Waals surface area contributed by atoms with Crippen molar-refractivity contribution in [2.24, 2.45) is 0 Å². The molecule has 1 fully saturated rings. The minimum absolute atomic E-state index is 0.00491. The number of ether oxygens (including phenoxy) is 1. The summed E-state index contributed by atoms with van der Waals surface area (Å²) >= 11 is 0. The Morgan fingerprint density at radius 1 is 1.23 bits per heavy atom. The molecule has 1 aromatic carbocycles. The van der Waals surface area contributed by atoms with Gasteiger partial charge in [-0.25, -0.2) is 4.79 Å². The number of nitrogens with zero attached hydrogens (tertiary/aromatic N) is 1. The van der Waals surface area contributed by atoms with E-state index in [-0.39, 0.29) is 37.7 Å². The lowest BCUT2D eigenvalue weighted by molar-refractivity contribution is -0.137. The summed E-state index contributed by atoms with van der Waals surface area (Å²) in [5, 5.41) is 21.3. The molecule has 1 aromatic rings. The summed E-state index contributed by atoms with van der Waals surface area (Å²) in [5.41, 5.74) is 1.04. The van der Waals surface area contributed by atoms with Gasteiger partial charge in [0.25, 0.3) is 0 Å². The van der Waals surface area contributed by atoms with Gasteiger partial charge in [-0.2, -0.15) is 0 Å². The third-order valence-corrected chi connectivity index (χ3v) is 4.59. The van der Waals surface area contributed by atoms with E-state index in [2.05, 4.69) is 5.32 Å². The molecule has 1 atom stereocenters. The summed E-state index contributed by atoms with van der Waals surface area (Å²) in [7, 11) is 0. The van der Waals surface area contributed by atoms with Crippen LogP contribution in [-0.4, -0.2) is 65.6 Å². The van der Waals surface area contributed by atoms with Crippen LogP contribution in [0.3, 0.4) is 0 Å². The fourth-order valence-corrected chi connectivity index (χ4v) is 3.23. The number of benzene rings is 1. The summed E-state index contributed by atoms with van der Waals surface area (Å²) in [6.07, 6.45) is 2.41. The molecule has 26 heavy (non-hydrogen) atoms. The lowest BCUT2D eigenvalue weighted by Crippen LogP contribution is -2.52. The number of nitrogens with one attached hydrogen (secondary N) is 1. The number of carbonyl (C=O) groups is 2. The molecule has 2 amide bonds. The minimum atomic E-state index is -0.881. The first kappa shape index (κ1) is 20.2. The smallest absolute Gasteiger partial charge is 0.317 e. The fourth-order valence-electron chi connectivity index (χ4n) is 3.23. The molecule has 1 saturated heterocycles. The summed E-state index contributed by atoms with van der Waals surface area (Å²) < 4.78 is 5.35. The standard InChI is InChI=1S/C19H28N2O5/c22-11-10-21(17-8-12-26-13-9-17)19(25)20-16(6-7-18(23)24)14-15-4-2-1-3-5-15/h1-5,16-17,22H,6-14H2,(H,20,25)(H,23,24). The van der Waals surface area contributed by atoms with Gasteiger partial charge >= 0.3 is 12.0 Å². The van der Waals surface area contributed by atoms with Crippen molar-refractivity contribution in [2.75, 3.05) is 26.4 Å². The monoisotopic (exact) mass is 364 g/mol. The third kappa shape index (κ3) is 6.65. The predicted molar refractivity (Wildman–Crippen MR) is 97.0 cm³/mol. The molecule has 3 N–H and O–H groups in total. The summed E-state index contributed by atoms with van der Waals surface area (Å²) in [4.78, 5) is 25.4. The van der Waals surface area contributed by atoms with Crippen molar-refractivity contribution in [1.29, 1.82) is 0 Å². The second-order valence-electron chi connectivity index (χ2n) is 6.53. The van der Waals surface area contributed by atoms with Crippen LogP contribution in [0.1, 0.15) is 31.2 Å². The van der Waals surface area contributed by atoms with Crippen LogP contribution >= 0.6 is 0 Å². The van der Waals surface area contributed by atoms with Crippen LogP contribution in [0.4, 0.5) is 4.79 Å². The van der Waals surface area contributed by atoms with Crippen molar-refractivity contribution < 1.29 is 24.5 Å². The maximum Gasteiger partial charge on any atom is 0.317 e. The number of carboxylic acids is 1. The van der Waals surface area contributed by atoms with Crippen molar-refractivity contribution in [3.8, 4) is 0 Å². The van der Waals surface area contributed by atoms with Gasteiger partial charge < -0.3 is 25.2 Å². The Kier molecular flexibility index (Phi) is 8.37. The number of amides is 2. The topological polar surface area (TPSA) is 99.1 Å². The number of hydrogen-bond acceptors (Lipinski definition) is 4. The highest BCUT2D eigenvalue weighted by Gasteiger charge is 2.27. The first-order valence-electron chi connectivity index (χ1n) is 9.11. The Morgan fingerprint density at radius 3 is 2.54 bits per heavy atom. The first-order chi connectivity index (χ1) is 12.6. The van der Waals surface area contributed by atoms with Gasteiger partial charge in [-0.3, -0.25) is 4.79 Å². The average Bonchev–Trinajstić information content (AvgIpc) is 2.65. The highest BCUT2D eigenvalue weighted by Crippen LogP contribution is 2.15. The number of carboxylic acid groups (broad SMARTS) is 1. The van der Waals surface area contributed by atoms with Gasteiger partial charge in [-0.1, -0.05) is 30.3 Å². The van der Waals surface area contributed by atoms with Crippen LogP contribution in [0.25, 0.3) is 0 Å². The number of rotatable bonds is 9. The number of aliphatic carboxylic acids is 1. The van der Waals surface area contributed by atoms with Crippen LogP contribution < -0.4 is 5.32 Å². The zero-order valence-corrected chi connectivity index (χ0v) is 15.0. The molecule has 144 valence electrons. The first-order valence-corrected chi connectivity index (χ1v) is 9.11. The zero-order chi connectivity index (χ0) is 18.8. The number of urea groups is 1. The summed E-state index contributed by atoms with van der Waals surface area (Å²) in [6, 6.07) is 9.19. The van der Waals surface area contributed by atoms with Crippen molar-refractivity contribution in [3.05, 3.63) is 35.9 Å². The Labute approximate surface area is 154 Å². The molecule has 0 saturated carbocycles. The largest absolute Gasteiger partial charge is 0.481 e.